The highest BCUT2D eigenvalue weighted by atomic mass is 32.2. The van der Waals surface area contributed by atoms with E-state index in [0.29, 0.717) is 31.4 Å². The van der Waals surface area contributed by atoms with Gasteiger partial charge in [0, 0.05) is 43.5 Å². The summed E-state index contributed by atoms with van der Waals surface area (Å²) in [4.78, 5) is 88.3. The van der Waals surface area contributed by atoms with Gasteiger partial charge in [-0.1, -0.05) is 32.0 Å². The van der Waals surface area contributed by atoms with Gasteiger partial charge in [0.15, 0.2) is 29.1 Å². The molecule has 2 saturated heterocycles. The summed E-state index contributed by atoms with van der Waals surface area (Å²) in [6.07, 6.45) is -7.87. The number of amides is 2. The third-order valence-electron chi connectivity index (χ3n) is 10.1. The molecule has 0 aliphatic carbocycles. The van der Waals surface area contributed by atoms with Gasteiger partial charge in [-0.25, -0.2) is 28.6 Å². The van der Waals surface area contributed by atoms with Crippen molar-refractivity contribution in [1.29, 1.82) is 0 Å². The number of nitrogens with one attached hydrogen (secondary N) is 2. The Morgan fingerprint density at radius 2 is 1.68 bits per heavy atom. The summed E-state index contributed by atoms with van der Waals surface area (Å²) in [7, 11) is -16.5. The Labute approximate surface area is 382 Å². The van der Waals surface area contributed by atoms with E-state index in [2.05, 4.69) is 34.4 Å². The van der Waals surface area contributed by atoms with Crippen molar-refractivity contribution >= 4 is 69.1 Å². The molecule has 0 saturated carbocycles. The molecule has 66 heavy (non-hydrogen) atoms. The van der Waals surface area contributed by atoms with Gasteiger partial charge in [0.2, 0.25) is 11.8 Å². The van der Waals surface area contributed by atoms with E-state index < -0.39 is 109 Å². The number of phosphoric ester groups is 3. The first-order chi connectivity index (χ1) is 30.7. The number of rotatable bonds is 26. The Balaban J connectivity index is 1.12. The van der Waals surface area contributed by atoms with Gasteiger partial charge in [0.1, 0.15) is 42.4 Å². The first-order valence-electron chi connectivity index (χ1n) is 20.4. The van der Waals surface area contributed by atoms with Crippen LogP contribution in [0.25, 0.3) is 11.2 Å². The largest absolute Gasteiger partial charge is 0.481 e. The number of carbonyl (C=O) groups is 3. The predicted molar refractivity (Wildman–Crippen MR) is 227 cm³/mol. The van der Waals surface area contributed by atoms with Crippen LogP contribution in [0.15, 0.2) is 12.7 Å². The molecule has 0 spiro atoms. The average Bonchev–Trinajstić information content (AvgIpc) is 3.78. The fourth-order valence-electron chi connectivity index (χ4n) is 6.43. The van der Waals surface area contributed by atoms with Gasteiger partial charge in [-0.2, -0.15) is 4.31 Å². The minimum Gasteiger partial charge on any atom is -0.390 e. The number of nitrogens with two attached hydrogens (primary N) is 1. The van der Waals surface area contributed by atoms with Crippen LogP contribution in [-0.2, 0) is 60.2 Å². The number of fused-ring (bicyclic) bond motifs is 1. The Morgan fingerprint density at radius 3 is 2.38 bits per heavy atom. The van der Waals surface area contributed by atoms with Gasteiger partial charge >= 0.3 is 23.5 Å². The summed E-state index contributed by atoms with van der Waals surface area (Å²) in [5, 5.41) is 46.3. The molecule has 32 heteroatoms. The number of ether oxygens (including phenoxy) is 3. The quantitative estimate of drug-likeness (QED) is 0.0417. The van der Waals surface area contributed by atoms with E-state index in [-0.39, 0.29) is 54.1 Å². The molecule has 4 rings (SSSR count). The molecule has 2 aliphatic rings. The molecule has 2 aromatic rings. The monoisotopic (exact) mass is 1030 g/mol. The molecule has 2 amide bonds. The summed E-state index contributed by atoms with van der Waals surface area (Å²) in [5.41, 5.74) is 4.23. The van der Waals surface area contributed by atoms with Crippen molar-refractivity contribution in [1.82, 2.24) is 30.2 Å². The summed E-state index contributed by atoms with van der Waals surface area (Å²) in [6, 6.07) is 0. The topological polar surface area (TPSA) is 423 Å². The highest BCUT2D eigenvalue weighted by Gasteiger charge is 2.50. The van der Waals surface area contributed by atoms with Gasteiger partial charge in [-0.3, -0.25) is 32.5 Å². The normalized spacial score (nSPS) is 26.6. The number of thioether (sulfide) groups is 1. The number of imidazole rings is 1. The van der Waals surface area contributed by atoms with Crippen LogP contribution >= 0.6 is 35.2 Å². The summed E-state index contributed by atoms with van der Waals surface area (Å²) >= 11 is 1.05. The zero-order chi connectivity index (χ0) is 49.2. The van der Waals surface area contributed by atoms with Crippen molar-refractivity contribution < 1.29 is 100 Å². The lowest BCUT2D eigenvalue weighted by Gasteiger charge is -2.36. The molecule has 0 aromatic carbocycles. The number of nitrogen functional groups attached to an aromatic ring is 1. The standard InChI is InChI=1S/C34H58N7O21P3S/c1-18(58-33-21(43)13-20(42)19(2)59-33)7-5-6-8-24(45)66-12-11-36-23(44)9-10-37-31(48)28(47)34(3,4)15-57-65(54,55)62-64(52,53)56-14-22-27(61-63(49,50)51)26(46)32(60-22)41-17-40-25-29(35)38-16-39-30(25)41/h16-22,26-28,32-33,42-43,46-47H,5-15H2,1-4H3,(H,36,44)(H,37,48)(H,52,53)(H,54,55)(H2,35,38,39)(H2,49,50,51)/t18-,19+,20-,21-,22-,26-,27-,28+,32-,33-/m1/s1. The van der Waals surface area contributed by atoms with Crippen LogP contribution in [-0.4, -0.2) is 164 Å². The predicted octanol–water partition coefficient (Wildman–Crippen LogP) is -0.513. The minimum absolute atomic E-state index is 0.0223. The van der Waals surface area contributed by atoms with E-state index in [1.54, 1.807) is 6.92 Å². The van der Waals surface area contributed by atoms with Gasteiger partial charge < -0.3 is 70.6 Å². The number of anilines is 1. The van der Waals surface area contributed by atoms with Crippen LogP contribution in [0.2, 0.25) is 0 Å². The smallest absolute Gasteiger partial charge is 0.390 e. The molecule has 376 valence electrons. The van der Waals surface area contributed by atoms with E-state index in [0.717, 1.165) is 29.0 Å². The number of aromatic nitrogens is 4. The summed E-state index contributed by atoms with van der Waals surface area (Å²) in [6.45, 7) is 3.90. The highest BCUT2D eigenvalue weighted by Crippen LogP contribution is 2.61. The maximum absolute atomic E-state index is 12.7. The fourth-order valence-corrected chi connectivity index (χ4v) is 9.98. The van der Waals surface area contributed by atoms with Crippen molar-refractivity contribution in [2.24, 2.45) is 5.41 Å². The Hall–Kier alpha value is -2.60. The van der Waals surface area contributed by atoms with Crippen LogP contribution in [0.5, 0.6) is 0 Å². The third-order valence-corrected chi connectivity index (χ3v) is 14.1. The van der Waals surface area contributed by atoms with Gasteiger partial charge in [-0.05, 0) is 26.7 Å². The molecule has 4 heterocycles. The van der Waals surface area contributed by atoms with E-state index in [9.17, 15) is 68.1 Å². The van der Waals surface area contributed by atoms with Crippen LogP contribution in [0.1, 0.15) is 72.4 Å². The van der Waals surface area contributed by atoms with Gasteiger partial charge in [0.05, 0.1) is 37.9 Å². The lowest BCUT2D eigenvalue weighted by atomic mass is 9.87. The number of hydrogen-bond acceptors (Lipinski definition) is 22. The van der Waals surface area contributed by atoms with Crippen LogP contribution < -0.4 is 16.4 Å². The minimum atomic E-state index is -5.59. The van der Waals surface area contributed by atoms with E-state index in [1.165, 1.54) is 13.8 Å². The lowest BCUT2D eigenvalue weighted by Crippen LogP contribution is -2.48. The van der Waals surface area contributed by atoms with Crippen molar-refractivity contribution in [3.05, 3.63) is 12.7 Å². The molecule has 2 aliphatic heterocycles. The maximum Gasteiger partial charge on any atom is 0.481 e. The Kier molecular flexibility index (Phi) is 20.6. The lowest BCUT2D eigenvalue weighted by molar-refractivity contribution is -0.273. The molecule has 12 N–H and O–H groups in total. The van der Waals surface area contributed by atoms with Gasteiger partial charge in [0.25, 0.3) is 0 Å². The number of hydrogen-bond donors (Lipinski definition) is 11. The zero-order valence-corrected chi connectivity index (χ0v) is 39.7. The SMILES string of the molecule is C[C@H](CCCCC(=O)SCCNC(=O)CCNC(=O)[C@H](O)C(C)(C)COP(=O)(O)OP(=O)(O)OC[C@H]1O[C@@H](n2cnc3c(N)ncnc32)[C@H](O)[C@@H]1OP(=O)(O)O)O[C@@H]1O[C@@H](C)[C@H](O)C[C@H]1O. The second-order valence-electron chi connectivity index (χ2n) is 16.1. The van der Waals surface area contributed by atoms with Crippen molar-refractivity contribution in [3.63, 3.8) is 0 Å². The number of aliphatic hydroxyl groups is 4. The van der Waals surface area contributed by atoms with E-state index in [1.807, 2.05) is 6.92 Å². The molecule has 28 nitrogen and oxygen atoms in total. The van der Waals surface area contributed by atoms with E-state index in [4.69, 9.17) is 29.0 Å². The molecule has 12 atom stereocenters. The molecular weight excluding hydrogens is 967 g/mol. The molecular formula is C34H58N7O21P3S. The fraction of sp³-hybridized carbons (Fsp3) is 0.765. The first kappa shape index (κ1) is 56.0. The number of carbonyl (C=O) groups excluding carboxylic acids is 3. The zero-order valence-electron chi connectivity index (χ0n) is 36.2. The number of aliphatic hydroxyl groups excluding tert-OH is 4. The highest BCUT2D eigenvalue weighted by molar-refractivity contribution is 8.13. The Bertz CT molecular complexity index is 2100. The second-order valence-corrected chi connectivity index (χ2v) is 21.5. The second kappa shape index (κ2) is 24.3. The number of unbranched alkanes of at least 4 members (excludes halogenated alkanes) is 1. The molecule has 2 fully saturated rings. The summed E-state index contributed by atoms with van der Waals surface area (Å²) in [5.74, 6) is -1.22. The maximum atomic E-state index is 12.7. The van der Waals surface area contributed by atoms with Gasteiger partial charge in [-0.15, -0.1) is 0 Å². The molecule has 0 radical (unpaired) electrons. The molecule has 2 unspecified atom stereocenters. The van der Waals surface area contributed by atoms with Crippen LogP contribution in [0.4, 0.5) is 5.82 Å². The van der Waals surface area contributed by atoms with Crippen LogP contribution in [0.3, 0.4) is 0 Å². The van der Waals surface area contributed by atoms with E-state index >= 15 is 0 Å². The first-order valence-corrected chi connectivity index (χ1v) is 25.9. The molecule has 0 bridgehead atoms. The van der Waals surface area contributed by atoms with Crippen molar-refractivity contribution in [2.75, 3.05) is 37.8 Å². The van der Waals surface area contributed by atoms with Crippen molar-refractivity contribution in [3.8, 4) is 0 Å². The number of phosphoric acid groups is 3. The molecule has 2 aromatic heterocycles. The summed E-state index contributed by atoms with van der Waals surface area (Å²) < 4.78 is 73.6. The van der Waals surface area contributed by atoms with Crippen LogP contribution in [0, 0.1) is 5.41 Å². The third kappa shape index (κ3) is 17.1. The van der Waals surface area contributed by atoms with Crippen molar-refractivity contribution in [2.45, 2.75) is 128 Å². The average molecular weight is 1030 g/mol. The Morgan fingerprint density at radius 1 is 0.985 bits per heavy atom. The number of nitrogens with zero attached hydrogens (tertiary/aromatic N) is 4.